The fraction of sp³-hybridized carbons (Fsp3) is 0.556. The molecule has 0 unspecified atom stereocenters. The lowest BCUT2D eigenvalue weighted by molar-refractivity contribution is -0.0797. The normalized spacial score (nSPS) is 22.7. The summed E-state index contributed by atoms with van der Waals surface area (Å²) in [6, 6.07) is 6.33. The van der Waals surface area contributed by atoms with Gasteiger partial charge in [-0.3, -0.25) is 4.90 Å². The summed E-state index contributed by atoms with van der Waals surface area (Å²) in [5, 5.41) is 0. The van der Waals surface area contributed by atoms with E-state index in [1.807, 2.05) is 0 Å². The molecule has 1 fully saturated rings. The molecule has 138 valence electrons. The molecule has 2 N–H and O–H groups in total. The average molecular weight is 368 g/mol. The topological polar surface area (TPSA) is 64.8 Å². The summed E-state index contributed by atoms with van der Waals surface area (Å²) < 4.78 is 25.3. The lowest BCUT2D eigenvalue weighted by atomic mass is 10.0. The summed E-state index contributed by atoms with van der Waals surface area (Å²) in [6.07, 6.45) is -1.20. The number of amides is 1. The summed E-state index contributed by atoms with van der Waals surface area (Å²) in [7, 11) is 0. The summed E-state index contributed by atoms with van der Waals surface area (Å²) >= 11 is 4.94. The van der Waals surface area contributed by atoms with Gasteiger partial charge in [0.25, 0.3) is 0 Å². The number of hydrogen-bond donors (Lipinski definition) is 1. The number of nitrogens with zero attached hydrogens (tertiary/aromatic N) is 1. The SMILES string of the molecule is CC(C)(C)OC(=O)N1[C@H](CF)[C@@H](c2ccc(C(N)=S)cc2)OC1(C)C. The van der Waals surface area contributed by atoms with Gasteiger partial charge in [-0.15, -0.1) is 0 Å². The number of rotatable bonds is 3. The van der Waals surface area contributed by atoms with Crippen molar-refractivity contribution in [2.45, 2.75) is 58.1 Å². The van der Waals surface area contributed by atoms with Crippen molar-refractivity contribution < 1.29 is 18.7 Å². The quantitative estimate of drug-likeness (QED) is 0.824. The van der Waals surface area contributed by atoms with Crippen molar-refractivity contribution in [3.63, 3.8) is 0 Å². The minimum Gasteiger partial charge on any atom is -0.444 e. The Labute approximate surface area is 153 Å². The molecule has 1 saturated heterocycles. The van der Waals surface area contributed by atoms with Crippen molar-refractivity contribution >= 4 is 23.3 Å². The van der Waals surface area contributed by atoms with Gasteiger partial charge in [0.05, 0.1) is 6.04 Å². The number of benzene rings is 1. The van der Waals surface area contributed by atoms with Crippen LogP contribution in [0.15, 0.2) is 24.3 Å². The maximum absolute atomic E-state index is 13.9. The number of carbonyl (C=O) groups excluding carboxylic acids is 1. The molecule has 0 aromatic heterocycles. The highest BCUT2D eigenvalue weighted by molar-refractivity contribution is 7.80. The third-order valence-corrected chi connectivity index (χ3v) is 4.18. The van der Waals surface area contributed by atoms with Crippen LogP contribution in [0.2, 0.25) is 0 Å². The van der Waals surface area contributed by atoms with E-state index < -0.39 is 36.2 Å². The van der Waals surface area contributed by atoms with Gasteiger partial charge >= 0.3 is 6.09 Å². The predicted molar refractivity (Wildman–Crippen MR) is 98.1 cm³/mol. The maximum atomic E-state index is 13.9. The van der Waals surface area contributed by atoms with Crippen LogP contribution >= 0.6 is 12.2 Å². The molecule has 1 aromatic rings. The molecule has 1 aliphatic rings. The van der Waals surface area contributed by atoms with E-state index >= 15 is 0 Å². The molecule has 7 heteroatoms. The number of nitrogens with two attached hydrogens (primary N) is 1. The lowest BCUT2D eigenvalue weighted by Crippen LogP contribution is -2.50. The number of ether oxygens (including phenoxy) is 2. The first-order valence-electron chi connectivity index (χ1n) is 8.12. The van der Waals surface area contributed by atoms with Gasteiger partial charge in [-0.05, 0) is 40.2 Å². The van der Waals surface area contributed by atoms with Crippen molar-refractivity contribution in [2.24, 2.45) is 5.73 Å². The van der Waals surface area contributed by atoms with Gasteiger partial charge in [0.1, 0.15) is 29.1 Å². The molecular weight excluding hydrogens is 343 g/mol. The number of alkyl halides is 1. The Morgan fingerprint density at radius 1 is 1.36 bits per heavy atom. The second-order valence-electron chi connectivity index (χ2n) is 7.54. The molecule has 1 amide bonds. The fourth-order valence-electron chi connectivity index (χ4n) is 2.92. The van der Waals surface area contributed by atoms with E-state index in [9.17, 15) is 9.18 Å². The van der Waals surface area contributed by atoms with E-state index in [2.05, 4.69) is 0 Å². The number of carbonyl (C=O) groups is 1. The average Bonchev–Trinajstić information content (AvgIpc) is 2.76. The highest BCUT2D eigenvalue weighted by Gasteiger charge is 2.51. The molecule has 1 heterocycles. The molecule has 5 nitrogen and oxygen atoms in total. The first-order chi connectivity index (χ1) is 11.5. The Morgan fingerprint density at radius 2 is 1.92 bits per heavy atom. The Morgan fingerprint density at radius 3 is 2.36 bits per heavy atom. The molecular formula is C18H25FN2O3S. The van der Waals surface area contributed by atoms with Crippen molar-refractivity contribution in [1.29, 1.82) is 0 Å². The minimum atomic E-state index is -0.994. The molecule has 25 heavy (non-hydrogen) atoms. The Balaban J connectivity index is 2.32. The second-order valence-corrected chi connectivity index (χ2v) is 7.98. The number of halogens is 1. The third-order valence-electron chi connectivity index (χ3n) is 3.95. The minimum absolute atomic E-state index is 0.289. The summed E-state index contributed by atoms with van der Waals surface area (Å²) in [4.78, 5) is 14.2. The van der Waals surface area contributed by atoms with Gasteiger partial charge in [0, 0.05) is 5.56 Å². The highest BCUT2D eigenvalue weighted by Crippen LogP contribution is 2.42. The highest BCUT2D eigenvalue weighted by atomic mass is 32.1. The van der Waals surface area contributed by atoms with Gasteiger partial charge in [0.2, 0.25) is 0 Å². The maximum Gasteiger partial charge on any atom is 0.413 e. The summed E-state index contributed by atoms with van der Waals surface area (Å²) in [5.41, 5.74) is 5.41. The van der Waals surface area contributed by atoms with Crippen LogP contribution in [0.4, 0.5) is 9.18 Å². The third kappa shape index (κ3) is 4.27. The molecule has 1 aromatic carbocycles. The zero-order valence-corrected chi connectivity index (χ0v) is 16.0. The van der Waals surface area contributed by atoms with Gasteiger partial charge in [-0.2, -0.15) is 0 Å². The first kappa shape index (κ1) is 19.6. The van der Waals surface area contributed by atoms with E-state index in [0.717, 1.165) is 11.1 Å². The number of hydrogen-bond acceptors (Lipinski definition) is 4. The van der Waals surface area contributed by atoms with Crippen molar-refractivity contribution in [3.8, 4) is 0 Å². The van der Waals surface area contributed by atoms with E-state index in [4.69, 9.17) is 27.4 Å². The van der Waals surface area contributed by atoms with E-state index in [0.29, 0.717) is 0 Å². The molecule has 0 bridgehead atoms. The van der Waals surface area contributed by atoms with Crippen LogP contribution in [0.25, 0.3) is 0 Å². The second kappa shape index (κ2) is 6.88. The molecule has 0 aliphatic carbocycles. The summed E-state index contributed by atoms with van der Waals surface area (Å²) in [5.74, 6) is 0. The Kier molecular flexibility index (Phi) is 5.39. The van der Waals surface area contributed by atoms with E-state index in [1.165, 1.54) is 4.90 Å². The van der Waals surface area contributed by atoms with E-state index in [-0.39, 0.29) is 4.99 Å². The van der Waals surface area contributed by atoms with Crippen LogP contribution in [0, 0.1) is 0 Å². The molecule has 1 aliphatic heterocycles. The first-order valence-corrected chi connectivity index (χ1v) is 8.53. The molecule has 0 spiro atoms. The van der Waals surface area contributed by atoms with Crippen LogP contribution in [0.1, 0.15) is 51.8 Å². The van der Waals surface area contributed by atoms with Gasteiger partial charge in [-0.25, -0.2) is 9.18 Å². The zero-order chi connectivity index (χ0) is 19.0. The molecule has 2 atom stereocenters. The van der Waals surface area contributed by atoms with Crippen LogP contribution in [0.3, 0.4) is 0 Å². The Bertz CT molecular complexity index is 655. The van der Waals surface area contributed by atoms with Crippen LogP contribution in [-0.4, -0.2) is 40.0 Å². The molecule has 0 saturated carbocycles. The zero-order valence-electron chi connectivity index (χ0n) is 15.2. The smallest absolute Gasteiger partial charge is 0.413 e. The predicted octanol–water partition coefficient (Wildman–Crippen LogP) is 3.70. The van der Waals surface area contributed by atoms with Crippen LogP contribution < -0.4 is 5.73 Å². The van der Waals surface area contributed by atoms with Gasteiger partial charge in [-0.1, -0.05) is 36.5 Å². The van der Waals surface area contributed by atoms with Crippen LogP contribution in [0.5, 0.6) is 0 Å². The van der Waals surface area contributed by atoms with Gasteiger partial charge in [0.15, 0.2) is 0 Å². The van der Waals surface area contributed by atoms with Crippen molar-refractivity contribution in [3.05, 3.63) is 35.4 Å². The Hall–Kier alpha value is -1.73. The number of thiocarbonyl (C=S) groups is 1. The molecule has 2 rings (SSSR count). The van der Waals surface area contributed by atoms with Crippen molar-refractivity contribution in [2.75, 3.05) is 6.67 Å². The lowest BCUT2D eigenvalue weighted by Gasteiger charge is -2.34. The monoisotopic (exact) mass is 368 g/mol. The standard InChI is InChI=1S/C18H25FN2O3S/c1-17(2,3)24-16(22)21-13(10-19)14(23-18(21,4)5)11-6-8-12(9-7-11)15(20)25/h6-9,13-14H,10H2,1-5H3,(H2,20,25)/t13-,14-/m1/s1. The largest absolute Gasteiger partial charge is 0.444 e. The molecule has 0 radical (unpaired) electrons. The van der Waals surface area contributed by atoms with Crippen LogP contribution in [-0.2, 0) is 9.47 Å². The fourth-order valence-corrected chi connectivity index (χ4v) is 3.06. The van der Waals surface area contributed by atoms with Gasteiger partial charge < -0.3 is 15.2 Å². The summed E-state index contributed by atoms with van der Waals surface area (Å²) in [6.45, 7) is 8.01. The van der Waals surface area contributed by atoms with Crippen molar-refractivity contribution in [1.82, 2.24) is 4.90 Å². The van der Waals surface area contributed by atoms with E-state index in [1.54, 1.807) is 58.9 Å².